The highest BCUT2D eigenvalue weighted by Crippen LogP contribution is 2.29. The zero-order valence-electron chi connectivity index (χ0n) is 13.0. The molecule has 0 saturated heterocycles. The number of hydrogen-bond acceptors (Lipinski definition) is 7. The summed E-state index contributed by atoms with van der Waals surface area (Å²) < 4.78 is 0. The lowest BCUT2D eigenvalue weighted by atomic mass is 9.92. The normalized spacial score (nSPS) is 21.0. The number of rotatable bonds is 3. The fourth-order valence-corrected chi connectivity index (χ4v) is 3.85. The van der Waals surface area contributed by atoms with Crippen LogP contribution in [0.25, 0.3) is 22.3 Å². The zero-order valence-corrected chi connectivity index (χ0v) is 13.8. The smallest absolute Gasteiger partial charge is 0.258 e. The molecule has 1 aliphatic carbocycles. The summed E-state index contributed by atoms with van der Waals surface area (Å²) >= 11 is 1.54. The van der Waals surface area contributed by atoms with E-state index in [2.05, 4.69) is 25.3 Å². The van der Waals surface area contributed by atoms with Gasteiger partial charge in [0, 0.05) is 23.7 Å². The van der Waals surface area contributed by atoms with Gasteiger partial charge in [0.05, 0.1) is 11.7 Å². The number of thiazole rings is 1. The monoisotopic (exact) mass is 342 g/mol. The molecule has 0 bridgehead atoms. The van der Waals surface area contributed by atoms with Gasteiger partial charge in [0.25, 0.3) is 5.56 Å². The first-order valence-electron chi connectivity index (χ1n) is 8.01. The highest BCUT2D eigenvalue weighted by molar-refractivity contribution is 7.14. The minimum absolute atomic E-state index is 0.171. The van der Waals surface area contributed by atoms with Crippen LogP contribution < -0.4 is 16.6 Å². The van der Waals surface area contributed by atoms with Crippen LogP contribution in [0.4, 0.5) is 5.13 Å². The van der Waals surface area contributed by atoms with Crippen molar-refractivity contribution in [2.24, 2.45) is 5.73 Å². The van der Waals surface area contributed by atoms with E-state index in [1.54, 1.807) is 23.6 Å². The maximum Gasteiger partial charge on any atom is 0.258 e. The third-order valence-corrected chi connectivity index (χ3v) is 5.18. The van der Waals surface area contributed by atoms with Crippen molar-refractivity contribution in [1.82, 2.24) is 19.9 Å². The third-order valence-electron chi connectivity index (χ3n) is 4.40. The van der Waals surface area contributed by atoms with Gasteiger partial charge in [-0.05, 0) is 31.7 Å². The molecule has 0 unspecified atom stereocenters. The summed E-state index contributed by atoms with van der Waals surface area (Å²) in [4.78, 5) is 27.7. The second-order valence-corrected chi connectivity index (χ2v) is 6.94. The standard InChI is InChI=1S/C16H18N6OS/c17-9-1-3-10(4-2-9)21-16-22-12(7-24-16)14-13-11(5-6-18-14)15(23)20-8-19-13/h5-10H,1-4,17H2,(H,21,22)(H,19,20,23)/t9-,10-. The largest absolute Gasteiger partial charge is 0.359 e. The summed E-state index contributed by atoms with van der Waals surface area (Å²) in [6.45, 7) is 0. The molecule has 0 amide bonds. The molecule has 3 aromatic heterocycles. The average Bonchev–Trinajstić information content (AvgIpc) is 3.05. The van der Waals surface area contributed by atoms with Gasteiger partial charge in [-0.15, -0.1) is 11.3 Å². The fourth-order valence-electron chi connectivity index (χ4n) is 3.08. The van der Waals surface area contributed by atoms with E-state index in [1.165, 1.54) is 6.33 Å². The maximum absolute atomic E-state index is 11.9. The predicted octanol–water partition coefficient (Wildman–Crippen LogP) is 2.12. The molecule has 7 nitrogen and oxygen atoms in total. The van der Waals surface area contributed by atoms with Gasteiger partial charge < -0.3 is 16.0 Å². The van der Waals surface area contributed by atoms with Crippen LogP contribution >= 0.6 is 11.3 Å². The highest BCUT2D eigenvalue weighted by Gasteiger charge is 2.19. The Balaban J connectivity index is 1.61. The van der Waals surface area contributed by atoms with Crippen molar-refractivity contribution in [3.63, 3.8) is 0 Å². The van der Waals surface area contributed by atoms with Crippen LogP contribution in [0.3, 0.4) is 0 Å². The molecule has 0 atom stereocenters. The van der Waals surface area contributed by atoms with Crippen molar-refractivity contribution in [3.8, 4) is 11.4 Å². The van der Waals surface area contributed by atoms with Gasteiger partial charge in [-0.1, -0.05) is 0 Å². The van der Waals surface area contributed by atoms with Crippen molar-refractivity contribution < 1.29 is 0 Å². The summed E-state index contributed by atoms with van der Waals surface area (Å²) in [5, 5.41) is 6.82. The number of H-pyrrole nitrogens is 1. The third kappa shape index (κ3) is 2.90. The van der Waals surface area contributed by atoms with E-state index in [-0.39, 0.29) is 5.56 Å². The van der Waals surface area contributed by atoms with Crippen molar-refractivity contribution in [2.45, 2.75) is 37.8 Å². The maximum atomic E-state index is 11.9. The molecule has 3 heterocycles. The number of fused-ring (bicyclic) bond motifs is 1. The van der Waals surface area contributed by atoms with Crippen LogP contribution in [-0.2, 0) is 0 Å². The Labute approximate surface area is 142 Å². The summed E-state index contributed by atoms with van der Waals surface area (Å²) in [7, 11) is 0. The van der Waals surface area contributed by atoms with Crippen molar-refractivity contribution >= 4 is 27.4 Å². The quantitative estimate of drug-likeness (QED) is 0.672. The Hall–Kier alpha value is -2.32. The fraction of sp³-hybridized carbons (Fsp3) is 0.375. The Kier molecular flexibility index (Phi) is 3.99. The Morgan fingerprint density at radius 1 is 1.25 bits per heavy atom. The minimum Gasteiger partial charge on any atom is -0.359 e. The van der Waals surface area contributed by atoms with E-state index in [1.807, 2.05) is 5.38 Å². The Morgan fingerprint density at radius 3 is 2.92 bits per heavy atom. The predicted molar refractivity (Wildman–Crippen MR) is 95.1 cm³/mol. The van der Waals surface area contributed by atoms with E-state index in [4.69, 9.17) is 5.73 Å². The van der Waals surface area contributed by atoms with Gasteiger partial charge in [0.1, 0.15) is 16.9 Å². The molecular formula is C16H18N6OS. The van der Waals surface area contributed by atoms with E-state index in [0.717, 1.165) is 36.5 Å². The minimum atomic E-state index is -0.171. The van der Waals surface area contributed by atoms with Gasteiger partial charge in [-0.2, -0.15) is 0 Å². The van der Waals surface area contributed by atoms with Crippen LogP contribution in [0.1, 0.15) is 25.7 Å². The summed E-state index contributed by atoms with van der Waals surface area (Å²) in [5.74, 6) is 0. The lowest BCUT2D eigenvalue weighted by molar-refractivity contribution is 0.411. The van der Waals surface area contributed by atoms with Gasteiger partial charge >= 0.3 is 0 Å². The second-order valence-electron chi connectivity index (χ2n) is 6.08. The summed E-state index contributed by atoms with van der Waals surface area (Å²) in [5.41, 5.74) is 7.72. The molecule has 124 valence electrons. The first-order valence-corrected chi connectivity index (χ1v) is 8.89. The molecular weight excluding hydrogens is 324 g/mol. The van der Waals surface area contributed by atoms with Crippen LogP contribution in [0, 0.1) is 0 Å². The van der Waals surface area contributed by atoms with Gasteiger partial charge in [-0.25, -0.2) is 9.97 Å². The second kappa shape index (κ2) is 6.29. The molecule has 1 fully saturated rings. The highest BCUT2D eigenvalue weighted by atomic mass is 32.1. The molecule has 0 radical (unpaired) electrons. The molecule has 1 aliphatic rings. The number of nitrogens with zero attached hydrogens (tertiary/aromatic N) is 3. The molecule has 3 aromatic rings. The molecule has 0 spiro atoms. The van der Waals surface area contributed by atoms with E-state index in [0.29, 0.717) is 28.7 Å². The van der Waals surface area contributed by atoms with Crippen molar-refractivity contribution in [1.29, 1.82) is 0 Å². The Morgan fingerprint density at radius 2 is 2.08 bits per heavy atom. The van der Waals surface area contributed by atoms with Gasteiger partial charge in [0.2, 0.25) is 0 Å². The molecule has 8 heteroatoms. The number of anilines is 1. The van der Waals surface area contributed by atoms with Crippen molar-refractivity contribution in [2.75, 3.05) is 5.32 Å². The van der Waals surface area contributed by atoms with Crippen molar-refractivity contribution in [3.05, 3.63) is 34.3 Å². The number of pyridine rings is 1. The zero-order chi connectivity index (χ0) is 16.5. The van der Waals surface area contributed by atoms with Gasteiger partial charge in [-0.3, -0.25) is 9.78 Å². The number of hydrogen-bond donors (Lipinski definition) is 3. The molecule has 1 saturated carbocycles. The van der Waals surface area contributed by atoms with Crippen LogP contribution in [0.5, 0.6) is 0 Å². The lowest BCUT2D eigenvalue weighted by Crippen LogP contribution is -2.32. The average molecular weight is 342 g/mol. The van der Waals surface area contributed by atoms with Crippen LogP contribution in [0.15, 0.2) is 28.8 Å². The molecule has 0 aliphatic heterocycles. The molecule has 0 aromatic carbocycles. The van der Waals surface area contributed by atoms with E-state index >= 15 is 0 Å². The number of nitrogens with two attached hydrogens (primary N) is 1. The molecule has 4 rings (SSSR count). The topological polar surface area (TPSA) is 110 Å². The molecule has 4 N–H and O–H groups in total. The molecule has 24 heavy (non-hydrogen) atoms. The first kappa shape index (κ1) is 15.2. The SMILES string of the molecule is N[C@H]1CC[C@H](Nc2nc(-c3nccc4c(=O)[nH]cnc34)cs2)CC1. The van der Waals surface area contributed by atoms with E-state index < -0.39 is 0 Å². The first-order chi connectivity index (χ1) is 11.7. The summed E-state index contributed by atoms with van der Waals surface area (Å²) in [6, 6.07) is 2.42. The van der Waals surface area contributed by atoms with E-state index in [9.17, 15) is 4.79 Å². The van der Waals surface area contributed by atoms with Crippen LogP contribution in [-0.4, -0.2) is 32.0 Å². The van der Waals surface area contributed by atoms with Gasteiger partial charge in [0.15, 0.2) is 5.13 Å². The number of aromatic nitrogens is 4. The lowest BCUT2D eigenvalue weighted by Gasteiger charge is -2.26. The van der Waals surface area contributed by atoms with Crippen LogP contribution in [0.2, 0.25) is 0 Å². The Bertz CT molecular complexity index is 912. The number of aromatic amines is 1. The summed E-state index contributed by atoms with van der Waals surface area (Å²) in [6.07, 6.45) is 7.25. The number of nitrogens with one attached hydrogen (secondary N) is 2.